The number of rotatable bonds is 6. The fourth-order valence-electron chi connectivity index (χ4n) is 2.40. The molecule has 1 N–H and O–H groups in total. The second kappa shape index (κ2) is 8.69. The Labute approximate surface area is 171 Å². The first-order chi connectivity index (χ1) is 13.0. The number of benzene rings is 2. The van der Waals surface area contributed by atoms with E-state index in [-0.39, 0.29) is 11.2 Å². The van der Waals surface area contributed by atoms with Crippen LogP contribution in [0.2, 0.25) is 0 Å². The molecule has 2 aromatic carbocycles. The third-order valence-electron chi connectivity index (χ3n) is 3.79. The first-order valence-corrected chi connectivity index (χ1v) is 10.4. The Bertz CT molecular complexity index is 999. The molecule has 0 radical (unpaired) electrons. The van der Waals surface area contributed by atoms with Crippen molar-refractivity contribution in [2.24, 2.45) is 0 Å². The fraction of sp³-hybridized carbons (Fsp3) is 0.211. The normalized spacial score (nSPS) is 11.8. The molecule has 0 aliphatic heterocycles. The van der Waals surface area contributed by atoms with Crippen molar-refractivity contribution in [1.29, 1.82) is 0 Å². The van der Waals surface area contributed by atoms with Crippen LogP contribution in [0.1, 0.15) is 12.5 Å². The van der Waals surface area contributed by atoms with Crippen molar-refractivity contribution in [2.45, 2.75) is 23.4 Å². The molecule has 140 valence electrons. The SMILES string of the molecule is COc1ccc(C)cc1NC(=O)[C@@H](C)Sc1nn(-c2ccccc2)c(=S)s1. The van der Waals surface area contributed by atoms with Gasteiger partial charge in [0.1, 0.15) is 5.75 Å². The van der Waals surface area contributed by atoms with E-state index < -0.39 is 0 Å². The molecule has 1 atom stereocenters. The first-order valence-electron chi connectivity index (χ1n) is 8.25. The van der Waals surface area contributed by atoms with E-state index in [0.29, 0.717) is 15.4 Å². The zero-order valence-corrected chi connectivity index (χ0v) is 17.6. The van der Waals surface area contributed by atoms with Crippen molar-refractivity contribution in [1.82, 2.24) is 9.78 Å². The molecule has 0 aliphatic rings. The molecule has 1 amide bonds. The molecule has 0 saturated heterocycles. The van der Waals surface area contributed by atoms with E-state index in [1.54, 1.807) is 11.8 Å². The van der Waals surface area contributed by atoms with Crippen molar-refractivity contribution in [3.63, 3.8) is 0 Å². The second-order valence-corrected chi connectivity index (χ2v) is 9.04. The minimum atomic E-state index is -0.333. The molecular formula is C19H19N3O2S3. The Kier molecular flexibility index (Phi) is 6.30. The summed E-state index contributed by atoms with van der Waals surface area (Å²) >= 11 is 8.20. The molecule has 8 heteroatoms. The van der Waals surface area contributed by atoms with E-state index in [0.717, 1.165) is 15.6 Å². The monoisotopic (exact) mass is 417 g/mol. The van der Waals surface area contributed by atoms with Crippen LogP contribution in [0.25, 0.3) is 5.69 Å². The van der Waals surface area contributed by atoms with Crippen LogP contribution < -0.4 is 10.1 Å². The third-order valence-corrected chi connectivity index (χ3v) is 6.21. The zero-order valence-electron chi connectivity index (χ0n) is 15.1. The van der Waals surface area contributed by atoms with Gasteiger partial charge in [-0.1, -0.05) is 47.4 Å². The van der Waals surface area contributed by atoms with Gasteiger partial charge < -0.3 is 10.1 Å². The summed E-state index contributed by atoms with van der Waals surface area (Å²) in [4.78, 5) is 12.6. The van der Waals surface area contributed by atoms with Gasteiger partial charge in [-0.2, -0.15) is 0 Å². The number of hydrogen-bond donors (Lipinski definition) is 1. The highest BCUT2D eigenvalue weighted by Crippen LogP contribution is 2.30. The molecule has 1 aromatic heterocycles. The maximum atomic E-state index is 12.6. The number of anilines is 1. The molecule has 3 rings (SSSR count). The number of hydrogen-bond acceptors (Lipinski definition) is 6. The summed E-state index contributed by atoms with van der Waals surface area (Å²) < 4.78 is 8.44. The van der Waals surface area contributed by atoms with Gasteiger partial charge in [-0.05, 0) is 55.9 Å². The van der Waals surface area contributed by atoms with Gasteiger partial charge in [-0.25, -0.2) is 4.68 Å². The number of amides is 1. The summed E-state index contributed by atoms with van der Waals surface area (Å²) in [6.45, 7) is 3.82. The van der Waals surface area contributed by atoms with Gasteiger partial charge in [0, 0.05) is 0 Å². The van der Waals surface area contributed by atoms with Crippen LogP contribution in [0.3, 0.4) is 0 Å². The highest BCUT2D eigenvalue weighted by Gasteiger charge is 2.19. The average Bonchev–Trinajstić information content (AvgIpc) is 3.02. The number of nitrogens with zero attached hydrogens (tertiary/aromatic N) is 2. The lowest BCUT2D eigenvalue weighted by molar-refractivity contribution is -0.115. The second-order valence-electron chi connectivity index (χ2n) is 5.83. The molecule has 5 nitrogen and oxygen atoms in total. The van der Waals surface area contributed by atoms with Crippen molar-refractivity contribution >= 4 is 46.9 Å². The molecule has 0 spiro atoms. The van der Waals surface area contributed by atoms with Gasteiger partial charge in [-0.3, -0.25) is 4.79 Å². The molecule has 27 heavy (non-hydrogen) atoms. The number of thioether (sulfide) groups is 1. The maximum Gasteiger partial charge on any atom is 0.237 e. The summed E-state index contributed by atoms with van der Waals surface area (Å²) in [5, 5.41) is 7.15. The molecule has 0 bridgehead atoms. The van der Waals surface area contributed by atoms with Crippen LogP contribution >= 0.6 is 35.3 Å². The minimum Gasteiger partial charge on any atom is -0.495 e. The Balaban J connectivity index is 1.72. The van der Waals surface area contributed by atoms with Crippen molar-refractivity contribution < 1.29 is 9.53 Å². The van der Waals surface area contributed by atoms with E-state index in [1.165, 1.54) is 23.1 Å². The van der Waals surface area contributed by atoms with Crippen molar-refractivity contribution in [2.75, 3.05) is 12.4 Å². The molecular weight excluding hydrogens is 398 g/mol. The summed E-state index contributed by atoms with van der Waals surface area (Å²) in [7, 11) is 1.58. The maximum absolute atomic E-state index is 12.6. The van der Waals surface area contributed by atoms with Gasteiger partial charge in [-0.15, -0.1) is 5.10 Å². The quantitative estimate of drug-likeness (QED) is 0.447. The predicted octanol–water partition coefficient (Wildman–Crippen LogP) is 5.10. The Morgan fingerprint density at radius 1 is 1.30 bits per heavy atom. The van der Waals surface area contributed by atoms with Gasteiger partial charge >= 0.3 is 0 Å². The summed E-state index contributed by atoms with van der Waals surface area (Å²) in [6, 6.07) is 15.4. The summed E-state index contributed by atoms with van der Waals surface area (Å²) in [5.41, 5.74) is 2.62. The van der Waals surface area contributed by atoms with Crippen LogP contribution in [-0.4, -0.2) is 28.0 Å². The number of aromatic nitrogens is 2. The topological polar surface area (TPSA) is 56.1 Å². The number of carbonyl (C=O) groups excluding carboxylic acids is 1. The Morgan fingerprint density at radius 2 is 2.04 bits per heavy atom. The summed E-state index contributed by atoms with van der Waals surface area (Å²) in [6.07, 6.45) is 0. The minimum absolute atomic E-state index is 0.115. The highest BCUT2D eigenvalue weighted by atomic mass is 32.2. The Morgan fingerprint density at radius 3 is 2.74 bits per heavy atom. The molecule has 0 unspecified atom stereocenters. The van der Waals surface area contributed by atoms with E-state index >= 15 is 0 Å². The number of para-hydroxylation sites is 1. The highest BCUT2D eigenvalue weighted by molar-refractivity contribution is 8.02. The van der Waals surface area contributed by atoms with Crippen LogP contribution in [0.5, 0.6) is 5.75 Å². The molecule has 0 saturated carbocycles. The summed E-state index contributed by atoms with van der Waals surface area (Å²) in [5.74, 6) is 0.520. The molecule has 3 aromatic rings. The van der Waals surface area contributed by atoms with Crippen LogP contribution in [0, 0.1) is 10.9 Å². The van der Waals surface area contributed by atoms with E-state index in [9.17, 15) is 4.79 Å². The van der Waals surface area contributed by atoms with Gasteiger partial charge in [0.25, 0.3) is 0 Å². The smallest absolute Gasteiger partial charge is 0.237 e. The zero-order chi connectivity index (χ0) is 19.4. The number of carbonyl (C=O) groups is 1. The van der Waals surface area contributed by atoms with Crippen molar-refractivity contribution in [3.05, 3.63) is 58.0 Å². The van der Waals surface area contributed by atoms with Gasteiger partial charge in [0.05, 0.1) is 23.7 Å². The van der Waals surface area contributed by atoms with Crippen LogP contribution in [0.4, 0.5) is 5.69 Å². The van der Waals surface area contributed by atoms with Crippen LogP contribution in [0.15, 0.2) is 52.9 Å². The van der Waals surface area contributed by atoms with E-state index in [2.05, 4.69) is 10.4 Å². The standard InChI is InChI=1S/C19H19N3O2S3/c1-12-9-10-16(24-3)15(11-12)20-17(23)13(2)26-18-21-22(19(25)27-18)14-7-5-4-6-8-14/h4-11,13H,1-3H3,(H,20,23)/t13-/m1/s1. The predicted molar refractivity (Wildman–Crippen MR) is 114 cm³/mol. The van der Waals surface area contributed by atoms with E-state index in [1.807, 2.05) is 62.4 Å². The van der Waals surface area contributed by atoms with Crippen molar-refractivity contribution in [3.8, 4) is 11.4 Å². The molecule has 0 aliphatic carbocycles. The van der Waals surface area contributed by atoms with E-state index in [4.69, 9.17) is 17.0 Å². The van der Waals surface area contributed by atoms with Crippen LogP contribution in [-0.2, 0) is 4.79 Å². The number of aryl methyl sites for hydroxylation is 1. The first kappa shape index (κ1) is 19.6. The number of ether oxygens (including phenoxy) is 1. The third kappa shape index (κ3) is 4.77. The molecule has 0 fully saturated rings. The van der Waals surface area contributed by atoms with Gasteiger partial charge in [0.2, 0.25) is 5.91 Å². The largest absolute Gasteiger partial charge is 0.495 e. The lowest BCUT2D eigenvalue weighted by atomic mass is 10.2. The number of nitrogens with one attached hydrogen (secondary N) is 1. The molecule has 1 heterocycles. The average molecular weight is 418 g/mol. The van der Waals surface area contributed by atoms with Gasteiger partial charge in [0.15, 0.2) is 8.29 Å². The Hall–Kier alpha value is -2.16. The fourth-order valence-corrected chi connectivity index (χ4v) is 4.90. The lowest BCUT2D eigenvalue weighted by Crippen LogP contribution is -2.22. The number of methoxy groups -OCH3 is 1. The lowest BCUT2D eigenvalue weighted by Gasteiger charge is -2.13.